The molecule has 1 aromatic carbocycles. The van der Waals surface area contributed by atoms with Crippen LogP contribution in [0, 0.1) is 13.8 Å². The van der Waals surface area contributed by atoms with E-state index in [-0.39, 0.29) is 16.7 Å². The molecule has 0 aromatic heterocycles. The molecule has 0 atom stereocenters. The zero-order chi connectivity index (χ0) is 12.1. The first kappa shape index (κ1) is 14.4. The molecule has 0 saturated heterocycles. The van der Waals surface area contributed by atoms with Crippen LogP contribution in [0.1, 0.15) is 25.0 Å². The lowest BCUT2D eigenvalue weighted by molar-refractivity contribution is -0.0328. The van der Waals surface area contributed by atoms with Crippen molar-refractivity contribution in [3.63, 3.8) is 0 Å². The van der Waals surface area contributed by atoms with Gasteiger partial charge < -0.3 is 0 Å². The minimum Gasteiger partial charge on any atom is -0.160 e. The second-order valence-corrected chi connectivity index (χ2v) is 3.92. The van der Waals surface area contributed by atoms with Crippen LogP contribution >= 0.6 is 11.8 Å². The van der Waals surface area contributed by atoms with Crippen LogP contribution in [0.15, 0.2) is 23.1 Å². The molecule has 0 fully saturated rings. The average Bonchev–Trinajstić information content (AvgIpc) is 2.12. The van der Waals surface area contributed by atoms with Gasteiger partial charge in [0, 0.05) is 4.90 Å². The number of thioether (sulfide) groups is 1. The Labute approximate surface area is 92.9 Å². The molecular weight excluding hydrogens is 221 g/mol. The predicted molar refractivity (Wildman–Crippen MR) is 59.2 cm³/mol. The van der Waals surface area contributed by atoms with Crippen LogP contribution in [-0.4, -0.2) is 5.51 Å². The number of alkyl halides is 3. The third-order valence-electron chi connectivity index (χ3n) is 1.56. The number of hydrogen-bond donors (Lipinski definition) is 0. The smallest absolute Gasteiger partial charge is 0.160 e. The SMILES string of the molecule is CC.Cc1ccc(SC(F)(F)F)c(C)c1. The van der Waals surface area contributed by atoms with Crippen LogP contribution in [0.3, 0.4) is 0 Å². The molecule has 0 radical (unpaired) electrons. The molecule has 0 aliphatic rings. The highest BCUT2D eigenvalue weighted by atomic mass is 32.2. The van der Waals surface area contributed by atoms with E-state index in [0.717, 1.165) is 5.56 Å². The van der Waals surface area contributed by atoms with Crippen LogP contribution in [0.4, 0.5) is 13.2 Å². The summed E-state index contributed by atoms with van der Waals surface area (Å²) in [7, 11) is 0. The first-order chi connectivity index (χ1) is 6.88. The largest absolute Gasteiger partial charge is 0.446 e. The summed E-state index contributed by atoms with van der Waals surface area (Å²) in [6.07, 6.45) is 0. The van der Waals surface area contributed by atoms with Gasteiger partial charge in [0.25, 0.3) is 0 Å². The molecule has 0 aliphatic carbocycles. The predicted octanol–water partition coefficient (Wildman–Crippen LogP) is 4.94. The minimum atomic E-state index is -4.19. The van der Waals surface area contributed by atoms with Crippen LogP contribution in [0.25, 0.3) is 0 Å². The molecule has 0 amide bonds. The second kappa shape index (κ2) is 6.05. The van der Waals surface area contributed by atoms with E-state index in [9.17, 15) is 13.2 Å². The van der Waals surface area contributed by atoms with Crippen molar-refractivity contribution >= 4 is 11.8 Å². The van der Waals surface area contributed by atoms with Crippen molar-refractivity contribution in [2.45, 2.75) is 38.1 Å². The quantitative estimate of drug-likeness (QED) is 0.622. The van der Waals surface area contributed by atoms with Gasteiger partial charge in [0.05, 0.1) is 0 Å². The van der Waals surface area contributed by atoms with Crippen molar-refractivity contribution in [2.24, 2.45) is 0 Å². The fraction of sp³-hybridized carbons (Fsp3) is 0.455. The first-order valence-electron chi connectivity index (χ1n) is 4.71. The van der Waals surface area contributed by atoms with Crippen molar-refractivity contribution in [1.82, 2.24) is 0 Å². The van der Waals surface area contributed by atoms with Crippen molar-refractivity contribution in [3.8, 4) is 0 Å². The average molecular weight is 236 g/mol. The van der Waals surface area contributed by atoms with Crippen LogP contribution < -0.4 is 0 Å². The highest BCUT2D eigenvalue weighted by Crippen LogP contribution is 2.38. The molecule has 4 heteroatoms. The molecule has 0 bridgehead atoms. The van der Waals surface area contributed by atoms with Gasteiger partial charge in [0.2, 0.25) is 0 Å². The number of rotatable bonds is 1. The molecule has 0 N–H and O–H groups in total. The lowest BCUT2D eigenvalue weighted by Gasteiger charge is -2.08. The molecule has 1 aromatic rings. The Morgan fingerprint density at radius 2 is 1.60 bits per heavy atom. The van der Waals surface area contributed by atoms with Crippen LogP contribution in [0.5, 0.6) is 0 Å². The number of halogens is 3. The van der Waals surface area contributed by atoms with Gasteiger partial charge in [-0.2, -0.15) is 13.2 Å². The highest BCUT2D eigenvalue weighted by Gasteiger charge is 2.29. The maximum atomic E-state index is 12.0. The van der Waals surface area contributed by atoms with Crippen LogP contribution in [0.2, 0.25) is 0 Å². The summed E-state index contributed by atoms with van der Waals surface area (Å²) >= 11 is -0.0639. The van der Waals surface area contributed by atoms with Gasteiger partial charge in [-0.15, -0.1) is 0 Å². The Kier molecular flexibility index (Phi) is 5.80. The van der Waals surface area contributed by atoms with E-state index >= 15 is 0 Å². The van der Waals surface area contributed by atoms with Gasteiger partial charge in [-0.25, -0.2) is 0 Å². The summed E-state index contributed by atoms with van der Waals surface area (Å²) in [6.45, 7) is 7.54. The minimum absolute atomic E-state index is 0.0639. The van der Waals surface area contributed by atoms with Crippen molar-refractivity contribution in [3.05, 3.63) is 29.3 Å². The Balaban J connectivity index is 0.000000921. The standard InChI is InChI=1S/C9H9F3S.C2H6/c1-6-3-4-8(7(2)5-6)13-9(10,11)12;1-2/h3-5H,1-2H3;1-2H3. The Morgan fingerprint density at radius 3 is 2.00 bits per heavy atom. The normalized spacial score (nSPS) is 10.6. The third kappa shape index (κ3) is 5.72. The summed E-state index contributed by atoms with van der Waals surface area (Å²) in [5, 5.41) is 0. The molecule has 0 nitrogen and oxygen atoms in total. The lowest BCUT2D eigenvalue weighted by atomic mass is 10.2. The second-order valence-electron chi connectivity index (χ2n) is 2.82. The van der Waals surface area contributed by atoms with Gasteiger partial charge in [0.1, 0.15) is 0 Å². The third-order valence-corrected chi connectivity index (χ3v) is 2.47. The topological polar surface area (TPSA) is 0 Å². The van der Waals surface area contributed by atoms with E-state index < -0.39 is 5.51 Å². The van der Waals surface area contributed by atoms with Gasteiger partial charge in [-0.3, -0.25) is 0 Å². The van der Waals surface area contributed by atoms with Crippen molar-refractivity contribution < 1.29 is 13.2 Å². The van der Waals surface area contributed by atoms with Crippen LogP contribution in [-0.2, 0) is 0 Å². The fourth-order valence-corrected chi connectivity index (χ4v) is 1.64. The van der Waals surface area contributed by atoms with Crippen molar-refractivity contribution in [2.75, 3.05) is 0 Å². The van der Waals surface area contributed by atoms with E-state index in [1.165, 1.54) is 6.07 Å². The summed E-state index contributed by atoms with van der Waals surface area (Å²) in [5.41, 5.74) is -2.55. The Hall–Kier alpha value is -0.640. The maximum absolute atomic E-state index is 12.0. The molecule has 0 aliphatic heterocycles. The zero-order valence-corrected chi connectivity index (χ0v) is 10.1. The number of aryl methyl sites for hydroxylation is 2. The van der Waals surface area contributed by atoms with E-state index in [4.69, 9.17) is 0 Å². The molecule has 1 rings (SSSR count). The van der Waals surface area contributed by atoms with Gasteiger partial charge >= 0.3 is 5.51 Å². The fourth-order valence-electron chi connectivity index (χ4n) is 1.04. The summed E-state index contributed by atoms with van der Waals surface area (Å²) < 4.78 is 36.0. The lowest BCUT2D eigenvalue weighted by Crippen LogP contribution is -2.00. The Bertz CT molecular complexity index is 305. The summed E-state index contributed by atoms with van der Waals surface area (Å²) in [5.74, 6) is 0. The number of benzene rings is 1. The maximum Gasteiger partial charge on any atom is 0.446 e. The molecule has 15 heavy (non-hydrogen) atoms. The van der Waals surface area contributed by atoms with Gasteiger partial charge in [-0.05, 0) is 37.2 Å². The first-order valence-corrected chi connectivity index (χ1v) is 5.53. The number of hydrogen-bond acceptors (Lipinski definition) is 1. The van der Waals surface area contributed by atoms with E-state index in [1.54, 1.807) is 19.1 Å². The molecule has 0 saturated carbocycles. The Morgan fingerprint density at radius 1 is 1.07 bits per heavy atom. The molecule has 0 unspecified atom stereocenters. The highest BCUT2D eigenvalue weighted by molar-refractivity contribution is 8.00. The van der Waals surface area contributed by atoms with Gasteiger partial charge in [-0.1, -0.05) is 31.5 Å². The van der Waals surface area contributed by atoms with Crippen molar-refractivity contribution in [1.29, 1.82) is 0 Å². The van der Waals surface area contributed by atoms with E-state index in [0.29, 0.717) is 5.56 Å². The monoisotopic (exact) mass is 236 g/mol. The molecular formula is C11H15F3S. The molecule has 0 spiro atoms. The molecule has 0 heterocycles. The zero-order valence-electron chi connectivity index (χ0n) is 9.27. The van der Waals surface area contributed by atoms with Gasteiger partial charge in [0.15, 0.2) is 0 Å². The summed E-state index contributed by atoms with van der Waals surface area (Å²) in [4.78, 5) is 0.276. The molecule has 86 valence electrons. The van der Waals surface area contributed by atoms with E-state index in [1.807, 2.05) is 20.8 Å². The van der Waals surface area contributed by atoms with E-state index in [2.05, 4.69) is 0 Å². The summed E-state index contributed by atoms with van der Waals surface area (Å²) in [6, 6.07) is 4.93.